The Labute approximate surface area is 226 Å². The van der Waals surface area contributed by atoms with Crippen LogP contribution in [0.2, 0.25) is 10.0 Å². The first-order valence-electron chi connectivity index (χ1n) is 12.2. The second kappa shape index (κ2) is 13.9. The first-order valence-corrected chi connectivity index (χ1v) is 13.8. The lowest BCUT2D eigenvalue weighted by atomic mass is 10.1. The second-order valence-electron chi connectivity index (χ2n) is 9.33. The van der Waals surface area contributed by atoms with Crippen LogP contribution in [0.1, 0.15) is 49.2 Å². The summed E-state index contributed by atoms with van der Waals surface area (Å²) in [6, 6.07) is 4.65. The van der Waals surface area contributed by atoms with Gasteiger partial charge in [0.25, 0.3) is 5.91 Å². The number of rotatable bonds is 11. The average Bonchev–Trinajstić information content (AvgIpc) is 3.26. The lowest BCUT2D eigenvalue weighted by Crippen LogP contribution is -2.40. The zero-order valence-corrected chi connectivity index (χ0v) is 23.0. The summed E-state index contributed by atoms with van der Waals surface area (Å²) >= 11 is 13.3. The molecule has 2 heterocycles. The summed E-state index contributed by atoms with van der Waals surface area (Å²) in [6.45, 7) is 7.87. The fourth-order valence-corrected chi connectivity index (χ4v) is 5.04. The minimum absolute atomic E-state index is 0.0921. The van der Waals surface area contributed by atoms with Crippen LogP contribution in [-0.2, 0) is 16.0 Å². The molecule has 0 spiro atoms. The first kappa shape index (κ1) is 28.4. The summed E-state index contributed by atoms with van der Waals surface area (Å²) < 4.78 is 0. The van der Waals surface area contributed by atoms with E-state index in [1.54, 1.807) is 17.5 Å². The Morgan fingerprint density at radius 3 is 2.56 bits per heavy atom. The highest BCUT2D eigenvalue weighted by Crippen LogP contribution is 2.23. The minimum atomic E-state index is -0.365. The number of hydrogen-bond acceptors (Lipinski definition) is 6. The molecule has 3 amide bonds. The van der Waals surface area contributed by atoms with Crippen molar-refractivity contribution in [2.24, 2.45) is 5.92 Å². The molecule has 0 radical (unpaired) electrons. The molecule has 0 bridgehead atoms. The smallest absolute Gasteiger partial charge is 0.254 e. The standard InChI is InChI=1S/C25H33Cl2N5O3S/c1-17(2)14-32(24(35)18-6-7-20(26)21(27)12-18)15-23(34)30-25-29-19(16-36-25)13-22(33)28-8-11-31-9-4-3-5-10-31/h6-7,12,16-17H,3-5,8-11,13-15H2,1-2H3,(H,28,33)(H,29,30,34). The minimum Gasteiger partial charge on any atom is -0.354 e. The average molecular weight is 555 g/mol. The van der Waals surface area contributed by atoms with Gasteiger partial charge < -0.3 is 20.4 Å². The number of aromatic nitrogens is 1. The van der Waals surface area contributed by atoms with Crippen LogP contribution in [-0.4, -0.2) is 71.8 Å². The summed E-state index contributed by atoms with van der Waals surface area (Å²) in [5.41, 5.74) is 0.956. The van der Waals surface area contributed by atoms with Gasteiger partial charge in [0, 0.05) is 30.6 Å². The highest BCUT2D eigenvalue weighted by Gasteiger charge is 2.21. The maximum atomic E-state index is 13.0. The van der Waals surface area contributed by atoms with Gasteiger partial charge >= 0.3 is 0 Å². The summed E-state index contributed by atoms with van der Waals surface area (Å²) in [4.78, 5) is 46.2. The van der Waals surface area contributed by atoms with Crippen molar-refractivity contribution in [2.45, 2.75) is 39.5 Å². The molecule has 1 aliphatic heterocycles. The van der Waals surface area contributed by atoms with Gasteiger partial charge in [0.05, 0.1) is 22.2 Å². The van der Waals surface area contributed by atoms with Gasteiger partial charge in [-0.2, -0.15) is 0 Å². The van der Waals surface area contributed by atoms with Crippen molar-refractivity contribution in [3.05, 3.63) is 44.9 Å². The number of hydrogen-bond donors (Lipinski definition) is 2. The molecule has 1 fully saturated rings. The zero-order chi connectivity index (χ0) is 26.1. The van der Waals surface area contributed by atoms with E-state index in [-0.39, 0.29) is 41.6 Å². The van der Waals surface area contributed by atoms with Crippen molar-refractivity contribution in [1.29, 1.82) is 0 Å². The van der Waals surface area contributed by atoms with E-state index in [1.807, 2.05) is 13.8 Å². The van der Waals surface area contributed by atoms with Crippen LogP contribution < -0.4 is 10.6 Å². The Hall–Kier alpha value is -2.20. The van der Waals surface area contributed by atoms with E-state index in [9.17, 15) is 14.4 Å². The van der Waals surface area contributed by atoms with Crippen molar-refractivity contribution in [3.63, 3.8) is 0 Å². The van der Waals surface area contributed by atoms with Crippen molar-refractivity contribution in [1.82, 2.24) is 20.1 Å². The van der Waals surface area contributed by atoms with Gasteiger partial charge in [0.2, 0.25) is 11.8 Å². The number of piperidine rings is 1. The van der Waals surface area contributed by atoms with Crippen LogP contribution in [0.25, 0.3) is 0 Å². The van der Waals surface area contributed by atoms with Crippen molar-refractivity contribution >= 4 is 57.4 Å². The topological polar surface area (TPSA) is 94.6 Å². The molecule has 0 atom stereocenters. The number of halogens is 2. The maximum absolute atomic E-state index is 13.0. The summed E-state index contributed by atoms with van der Waals surface area (Å²) in [5.74, 6) is -0.607. The third-order valence-corrected chi connectivity index (χ3v) is 7.26. The maximum Gasteiger partial charge on any atom is 0.254 e. The van der Waals surface area contributed by atoms with E-state index in [4.69, 9.17) is 23.2 Å². The predicted molar refractivity (Wildman–Crippen MR) is 145 cm³/mol. The molecule has 0 unspecified atom stereocenters. The molecule has 1 saturated heterocycles. The number of carbonyl (C=O) groups is 3. The summed E-state index contributed by atoms with van der Waals surface area (Å²) in [5, 5.41) is 8.47. The van der Waals surface area contributed by atoms with Crippen LogP contribution >= 0.6 is 34.5 Å². The number of anilines is 1. The van der Waals surface area contributed by atoms with E-state index in [2.05, 4.69) is 20.5 Å². The lowest BCUT2D eigenvalue weighted by Gasteiger charge is -2.26. The van der Waals surface area contributed by atoms with Gasteiger partial charge in [-0.05, 0) is 50.0 Å². The largest absolute Gasteiger partial charge is 0.354 e. The van der Waals surface area contributed by atoms with Gasteiger partial charge in [-0.3, -0.25) is 14.4 Å². The molecule has 0 saturated carbocycles. The third-order valence-electron chi connectivity index (χ3n) is 5.71. The monoisotopic (exact) mass is 553 g/mol. The van der Waals surface area contributed by atoms with E-state index in [0.717, 1.165) is 19.6 Å². The van der Waals surface area contributed by atoms with Gasteiger partial charge in [0.1, 0.15) is 6.54 Å². The van der Waals surface area contributed by atoms with Crippen LogP contribution in [0.15, 0.2) is 23.6 Å². The number of amides is 3. The molecular formula is C25H33Cl2N5O3S. The quantitative estimate of drug-likeness (QED) is 0.431. The number of benzene rings is 1. The Bertz CT molecular complexity index is 1060. The Balaban J connectivity index is 1.49. The lowest BCUT2D eigenvalue weighted by molar-refractivity contribution is -0.120. The Morgan fingerprint density at radius 2 is 1.86 bits per heavy atom. The SMILES string of the molecule is CC(C)CN(CC(=O)Nc1nc(CC(=O)NCCN2CCCCC2)cs1)C(=O)c1ccc(Cl)c(Cl)c1. The Morgan fingerprint density at radius 1 is 1.11 bits per heavy atom. The molecule has 1 aliphatic rings. The fourth-order valence-electron chi connectivity index (χ4n) is 4.01. The van der Waals surface area contributed by atoms with Crippen LogP contribution in [0, 0.1) is 5.92 Å². The van der Waals surface area contributed by atoms with Crippen LogP contribution in [0.5, 0.6) is 0 Å². The number of carbonyl (C=O) groups excluding carboxylic acids is 3. The molecule has 1 aromatic carbocycles. The van der Waals surface area contributed by atoms with Crippen LogP contribution in [0.3, 0.4) is 0 Å². The third kappa shape index (κ3) is 9.03. The number of nitrogens with zero attached hydrogens (tertiary/aromatic N) is 3. The fraction of sp³-hybridized carbons (Fsp3) is 0.520. The second-order valence-corrected chi connectivity index (χ2v) is 11.0. The normalized spacial score (nSPS) is 14.0. The highest BCUT2D eigenvalue weighted by atomic mass is 35.5. The molecule has 2 aromatic rings. The summed E-state index contributed by atoms with van der Waals surface area (Å²) in [6.07, 6.45) is 3.89. The number of nitrogens with one attached hydrogen (secondary N) is 2. The van der Waals surface area contributed by atoms with Crippen molar-refractivity contribution < 1.29 is 14.4 Å². The van der Waals surface area contributed by atoms with E-state index >= 15 is 0 Å². The number of thiazole rings is 1. The van der Waals surface area contributed by atoms with Gasteiger partial charge in [0.15, 0.2) is 5.13 Å². The zero-order valence-electron chi connectivity index (χ0n) is 20.7. The summed E-state index contributed by atoms with van der Waals surface area (Å²) in [7, 11) is 0. The first-order chi connectivity index (χ1) is 17.2. The van der Waals surface area contributed by atoms with Crippen molar-refractivity contribution in [3.8, 4) is 0 Å². The predicted octanol–water partition coefficient (Wildman–Crippen LogP) is 4.33. The van der Waals surface area contributed by atoms with E-state index in [0.29, 0.717) is 34.5 Å². The molecule has 2 N–H and O–H groups in total. The van der Waals surface area contributed by atoms with Crippen LogP contribution in [0.4, 0.5) is 5.13 Å². The van der Waals surface area contributed by atoms with E-state index in [1.165, 1.54) is 41.6 Å². The van der Waals surface area contributed by atoms with E-state index < -0.39 is 0 Å². The van der Waals surface area contributed by atoms with Crippen molar-refractivity contribution in [2.75, 3.05) is 44.6 Å². The molecule has 8 nitrogen and oxygen atoms in total. The Kier molecular flexibility index (Phi) is 11.0. The molecule has 11 heteroatoms. The number of likely N-dealkylation sites (tertiary alicyclic amines) is 1. The molecule has 36 heavy (non-hydrogen) atoms. The van der Waals surface area contributed by atoms with Gasteiger partial charge in [-0.1, -0.05) is 43.5 Å². The molecule has 1 aromatic heterocycles. The molecular weight excluding hydrogens is 521 g/mol. The molecule has 196 valence electrons. The molecule has 0 aliphatic carbocycles. The van der Waals surface area contributed by atoms with Gasteiger partial charge in [-0.15, -0.1) is 11.3 Å². The van der Waals surface area contributed by atoms with Gasteiger partial charge in [-0.25, -0.2) is 4.98 Å². The molecule has 3 rings (SSSR count). The highest BCUT2D eigenvalue weighted by molar-refractivity contribution is 7.13.